The van der Waals surface area contributed by atoms with Crippen LogP contribution in [0, 0.1) is 0 Å². The number of benzene rings is 2. The molecule has 0 saturated heterocycles. The highest BCUT2D eigenvalue weighted by molar-refractivity contribution is 8.00. The molecule has 0 aliphatic carbocycles. The minimum absolute atomic E-state index is 0.101. The van der Waals surface area contributed by atoms with Crippen LogP contribution in [0.3, 0.4) is 0 Å². The van der Waals surface area contributed by atoms with Crippen molar-refractivity contribution in [1.29, 1.82) is 0 Å². The molecule has 1 aromatic heterocycles. The van der Waals surface area contributed by atoms with E-state index in [1.165, 1.54) is 11.8 Å². The van der Waals surface area contributed by atoms with Gasteiger partial charge in [0.1, 0.15) is 5.58 Å². The molecule has 0 atom stereocenters. The summed E-state index contributed by atoms with van der Waals surface area (Å²) in [4.78, 5) is 36.8. The van der Waals surface area contributed by atoms with Crippen molar-refractivity contribution in [3.8, 4) is 0 Å². The molecule has 0 bridgehead atoms. The van der Waals surface area contributed by atoms with Crippen molar-refractivity contribution in [1.82, 2.24) is 10.9 Å². The Bertz CT molecular complexity index is 1020. The third-order valence-electron chi connectivity index (χ3n) is 3.36. The molecule has 6 nitrogen and oxygen atoms in total. The standard InChI is InChI=1S/C18H13ClN2O4S/c19-11-5-7-12(8-6-11)26-10-17(23)20-21-18(24)16-9-14(22)13-3-1-2-4-15(13)25-16/h1-9H,10H2,(H,20,23)(H,21,24). The van der Waals surface area contributed by atoms with E-state index in [-0.39, 0.29) is 16.9 Å². The maximum Gasteiger partial charge on any atom is 0.305 e. The van der Waals surface area contributed by atoms with Crippen LogP contribution in [0.5, 0.6) is 0 Å². The Balaban J connectivity index is 1.57. The molecule has 132 valence electrons. The number of amides is 2. The quantitative estimate of drug-likeness (QED) is 0.530. The third-order valence-corrected chi connectivity index (χ3v) is 4.62. The second-order valence-electron chi connectivity index (χ2n) is 5.22. The molecular formula is C18H13ClN2O4S. The molecule has 0 spiro atoms. The van der Waals surface area contributed by atoms with Gasteiger partial charge in [-0.05, 0) is 36.4 Å². The van der Waals surface area contributed by atoms with E-state index in [1.54, 1.807) is 48.5 Å². The van der Waals surface area contributed by atoms with Crippen LogP contribution in [-0.2, 0) is 4.79 Å². The van der Waals surface area contributed by atoms with Gasteiger partial charge in [0.25, 0.3) is 0 Å². The van der Waals surface area contributed by atoms with E-state index in [0.717, 1.165) is 11.0 Å². The van der Waals surface area contributed by atoms with Crippen molar-refractivity contribution in [2.75, 3.05) is 5.75 Å². The summed E-state index contributed by atoms with van der Waals surface area (Å²) >= 11 is 7.09. The molecule has 8 heteroatoms. The van der Waals surface area contributed by atoms with Crippen LogP contribution < -0.4 is 16.3 Å². The molecule has 1 heterocycles. The summed E-state index contributed by atoms with van der Waals surface area (Å²) in [5.74, 6) is -1.19. The van der Waals surface area contributed by atoms with Crippen LogP contribution in [0.2, 0.25) is 5.02 Å². The third kappa shape index (κ3) is 4.44. The fraction of sp³-hybridized carbons (Fsp3) is 0.0556. The molecule has 2 amide bonds. The lowest BCUT2D eigenvalue weighted by atomic mass is 10.2. The van der Waals surface area contributed by atoms with Gasteiger partial charge in [-0.25, -0.2) is 0 Å². The fourth-order valence-electron chi connectivity index (χ4n) is 2.12. The molecule has 0 saturated carbocycles. The number of hydrazine groups is 1. The molecule has 0 fully saturated rings. The predicted molar refractivity (Wildman–Crippen MR) is 100 cm³/mol. The number of thioether (sulfide) groups is 1. The lowest BCUT2D eigenvalue weighted by Crippen LogP contribution is -2.42. The van der Waals surface area contributed by atoms with E-state index in [2.05, 4.69) is 10.9 Å². The van der Waals surface area contributed by atoms with Crippen molar-refractivity contribution in [3.63, 3.8) is 0 Å². The van der Waals surface area contributed by atoms with Gasteiger partial charge >= 0.3 is 5.91 Å². The largest absolute Gasteiger partial charge is 0.451 e. The van der Waals surface area contributed by atoms with Crippen LogP contribution in [0.4, 0.5) is 0 Å². The van der Waals surface area contributed by atoms with Gasteiger partial charge in [0.15, 0.2) is 11.2 Å². The second-order valence-corrected chi connectivity index (χ2v) is 6.70. The van der Waals surface area contributed by atoms with Crippen LogP contribution in [0.1, 0.15) is 10.6 Å². The normalized spacial score (nSPS) is 10.5. The van der Waals surface area contributed by atoms with Crippen LogP contribution >= 0.6 is 23.4 Å². The Kier molecular flexibility index (Phi) is 5.60. The zero-order valence-corrected chi connectivity index (χ0v) is 14.9. The van der Waals surface area contributed by atoms with E-state index >= 15 is 0 Å². The zero-order valence-electron chi connectivity index (χ0n) is 13.3. The summed E-state index contributed by atoms with van der Waals surface area (Å²) in [6.07, 6.45) is 0. The van der Waals surface area contributed by atoms with Crippen molar-refractivity contribution < 1.29 is 14.0 Å². The van der Waals surface area contributed by atoms with Crippen molar-refractivity contribution >= 4 is 46.1 Å². The first-order valence-corrected chi connectivity index (χ1v) is 8.90. The summed E-state index contributed by atoms with van der Waals surface area (Å²) < 4.78 is 5.40. The highest BCUT2D eigenvalue weighted by Crippen LogP contribution is 2.19. The highest BCUT2D eigenvalue weighted by Gasteiger charge is 2.13. The van der Waals surface area contributed by atoms with E-state index in [1.807, 2.05) is 0 Å². The zero-order chi connectivity index (χ0) is 18.5. The Morgan fingerprint density at radius 1 is 1.04 bits per heavy atom. The number of carbonyl (C=O) groups excluding carboxylic acids is 2. The molecular weight excluding hydrogens is 376 g/mol. The number of fused-ring (bicyclic) bond motifs is 1. The maximum absolute atomic E-state index is 12.1. The number of para-hydroxylation sites is 1. The van der Waals surface area contributed by atoms with Gasteiger partial charge in [-0.1, -0.05) is 23.7 Å². The molecule has 26 heavy (non-hydrogen) atoms. The molecule has 3 aromatic rings. The Labute approximate surface area is 157 Å². The lowest BCUT2D eigenvalue weighted by molar-refractivity contribution is -0.119. The minimum atomic E-state index is -0.710. The Morgan fingerprint density at radius 3 is 2.54 bits per heavy atom. The smallest absolute Gasteiger partial charge is 0.305 e. The predicted octanol–water partition coefficient (Wildman–Crippen LogP) is 3.00. The molecule has 0 aliphatic heterocycles. The molecule has 0 unspecified atom stereocenters. The number of nitrogens with one attached hydrogen (secondary N) is 2. The highest BCUT2D eigenvalue weighted by atomic mass is 35.5. The first kappa shape index (κ1) is 18.0. The summed E-state index contributed by atoms with van der Waals surface area (Å²) in [6, 6.07) is 14.7. The number of hydrogen-bond acceptors (Lipinski definition) is 5. The number of rotatable bonds is 4. The van der Waals surface area contributed by atoms with Gasteiger partial charge in [-0.3, -0.25) is 25.2 Å². The van der Waals surface area contributed by atoms with Crippen molar-refractivity contribution in [2.45, 2.75) is 4.90 Å². The van der Waals surface area contributed by atoms with Crippen LogP contribution in [0.15, 0.2) is 68.7 Å². The maximum atomic E-state index is 12.1. The average Bonchev–Trinajstić information content (AvgIpc) is 2.65. The molecule has 2 aromatic carbocycles. The fourth-order valence-corrected chi connectivity index (χ4v) is 2.94. The lowest BCUT2D eigenvalue weighted by Gasteiger charge is -2.07. The summed E-state index contributed by atoms with van der Waals surface area (Å²) in [5, 5.41) is 0.996. The first-order valence-electron chi connectivity index (χ1n) is 7.53. The van der Waals surface area contributed by atoms with Crippen molar-refractivity contribution in [3.05, 3.63) is 75.6 Å². The first-order chi connectivity index (χ1) is 12.5. The summed E-state index contributed by atoms with van der Waals surface area (Å²) in [6.45, 7) is 0. The number of carbonyl (C=O) groups is 2. The summed E-state index contributed by atoms with van der Waals surface area (Å²) in [7, 11) is 0. The van der Waals surface area contributed by atoms with Gasteiger partial charge < -0.3 is 4.42 Å². The number of halogens is 1. The van der Waals surface area contributed by atoms with E-state index < -0.39 is 11.8 Å². The molecule has 2 N–H and O–H groups in total. The molecule has 0 aliphatic rings. The second kappa shape index (κ2) is 8.07. The van der Waals surface area contributed by atoms with Crippen LogP contribution in [0.25, 0.3) is 11.0 Å². The van der Waals surface area contributed by atoms with E-state index in [9.17, 15) is 14.4 Å². The van der Waals surface area contributed by atoms with Gasteiger partial charge in [0.2, 0.25) is 5.91 Å². The molecule has 3 rings (SSSR count). The number of hydrogen-bond donors (Lipinski definition) is 2. The topological polar surface area (TPSA) is 88.4 Å². The van der Waals surface area contributed by atoms with Gasteiger partial charge in [-0.15, -0.1) is 11.8 Å². The van der Waals surface area contributed by atoms with E-state index in [4.69, 9.17) is 16.0 Å². The van der Waals surface area contributed by atoms with Crippen LogP contribution in [-0.4, -0.2) is 17.6 Å². The minimum Gasteiger partial charge on any atom is -0.451 e. The monoisotopic (exact) mass is 388 g/mol. The SMILES string of the molecule is O=C(CSc1ccc(Cl)cc1)NNC(=O)c1cc(=O)c2ccccc2o1. The van der Waals surface area contributed by atoms with Crippen molar-refractivity contribution in [2.24, 2.45) is 0 Å². The van der Waals surface area contributed by atoms with E-state index in [0.29, 0.717) is 16.0 Å². The van der Waals surface area contributed by atoms with Gasteiger partial charge in [0.05, 0.1) is 11.1 Å². The molecule has 0 radical (unpaired) electrons. The van der Waals surface area contributed by atoms with Gasteiger partial charge in [0, 0.05) is 16.0 Å². The average molecular weight is 389 g/mol. The summed E-state index contributed by atoms with van der Waals surface area (Å²) in [5.41, 5.74) is 4.48. The Hall–Kier alpha value is -2.77. The van der Waals surface area contributed by atoms with Gasteiger partial charge in [-0.2, -0.15) is 0 Å². The Morgan fingerprint density at radius 2 is 1.77 bits per heavy atom.